The summed E-state index contributed by atoms with van der Waals surface area (Å²) < 4.78 is 38.9. The van der Waals surface area contributed by atoms with Crippen LogP contribution >= 0.6 is 0 Å². The minimum absolute atomic E-state index is 0.170. The van der Waals surface area contributed by atoms with Gasteiger partial charge in [0.1, 0.15) is 10.6 Å². The number of piperidine rings is 1. The number of amides is 1. The molecule has 1 fully saturated rings. The van der Waals surface area contributed by atoms with E-state index in [-0.39, 0.29) is 10.8 Å². The van der Waals surface area contributed by atoms with Gasteiger partial charge in [0.2, 0.25) is 10.0 Å². The van der Waals surface area contributed by atoms with Gasteiger partial charge in [0.05, 0.1) is 13.2 Å². The number of hydrogen-bond acceptors (Lipinski definition) is 5. The van der Waals surface area contributed by atoms with E-state index in [4.69, 9.17) is 9.47 Å². The smallest absolute Gasteiger partial charge is 0.270 e. The lowest BCUT2D eigenvalue weighted by Gasteiger charge is -2.25. The van der Waals surface area contributed by atoms with Crippen LogP contribution in [0.25, 0.3) is 0 Å². The SMILES string of the molecule is COCCN(CCOC)C(=O)c1cc(S(=O)(=O)N2CCCCC2)cn1C. The summed E-state index contributed by atoms with van der Waals surface area (Å²) in [5.41, 5.74) is 0.341. The maximum Gasteiger partial charge on any atom is 0.270 e. The average Bonchev–Trinajstić information content (AvgIpc) is 3.04. The molecular weight excluding hydrogens is 358 g/mol. The zero-order valence-corrected chi connectivity index (χ0v) is 16.6. The topological polar surface area (TPSA) is 81.1 Å². The summed E-state index contributed by atoms with van der Waals surface area (Å²) in [5.74, 6) is -0.235. The van der Waals surface area contributed by atoms with E-state index >= 15 is 0 Å². The highest BCUT2D eigenvalue weighted by molar-refractivity contribution is 7.89. The summed E-state index contributed by atoms with van der Waals surface area (Å²) in [5, 5.41) is 0. The Kier molecular flexibility index (Phi) is 7.63. The van der Waals surface area contributed by atoms with Crippen LogP contribution in [0.4, 0.5) is 0 Å². The molecule has 0 saturated carbocycles. The first kappa shape index (κ1) is 20.9. The summed E-state index contributed by atoms with van der Waals surface area (Å²) in [6, 6.07) is 1.47. The van der Waals surface area contributed by atoms with E-state index in [9.17, 15) is 13.2 Å². The number of ether oxygens (including phenoxy) is 2. The molecule has 8 nitrogen and oxygen atoms in total. The number of methoxy groups -OCH3 is 2. The van der Waals surface area contributed by atoms with Crippen LogP contribution in [0.3, 0.4) is 0 Å². The number of nitrogens with zero attached hydrogens (tertiary/aromatic N) is 3. The van der Waals surface area contributed by atoms with Crippen molar-refractivity contribution in [3.8, 4) is 0 Å². The molecule has 0 spiro atoms. The Morgan fingerprint density at radius 3 is 2.23 bits per heavy atom. The predicted molar refractivity (Wildman–Crippen MR) is 97.7 cm³/mol. The third kappa shape index (κ3) is 4.85. The molecule has 1 aromatic rings. The number of hydrogen-bond donors (Lipinski definition) is 0. The standard InChI is InChI=1S/C17H29N3O5S/c1-18-14-15(26(22,23)20-7-5-4-6-8-20)13-16(18)17(21)19(9-11-24-2)10-12-25-3/h13-14H,4-12H2,1-3H3. The largest absolute Gasteiger partial charge is 0.383 e. The quantitative estimate of drug-likeness (QED) is 0.630. The van der Waals surface area contributed by atoms with Gasteiger partial charge in [-0.3, -0.25) is 4.79 Å². The molecule has 0 radical (unpaired) electrons. The average molecular weight is 388 g/mol. The fraction of sp³-hybridized carbons (Fsp3) is 0.706. The van der Waals surface area contributed by atoms with Gasteiger partial charge in [0, 0.05) is 53.6 Å². The molecule has 0 unspecified atom stereocenters. The Balaban J connectivity index is 2.22. The molecular formula is C17H29N3O5S. The molecule has 0 aromatic carbocycles. The first-order valence-corrected chi connectivity index (χ1v) is 10.3. The lowest BCUT2D eigenvalue weighted by atomic mass is 10.2. The van der Waals surface area contributed by atoms with Gasteiger partial charge < -0.3 is 18.9 Å². The van der Waals surface area contributed by atoms with E-state index in [1.165, 1.54) is 16.6 Å². The van der Waals surface area contributed by atoms with Crippen molar-refractivity contribution in [3.05, 3.63) is 18.0 Å². The molecule has 0 aliphatic carbocycles. The number of sulfonamides is 1. The number of carbonyl (C=O) groups is 1. The van der Waals surface area contributed by atoms with E-state index in [0.29, 0.717) is 45.1 Å². The van der Waals surface area contributed by atoms with Gasteiger partial charge in [0.15, 0.2) is 0 Å². The van der Waals surface area contributed by atoms with E-state index in [1.54, 1.807) is 30.7 Å². The first-order chi connectivity index (χ1) is 12.4. The minimum atomic E-state index is -3.56. The Hall–Kier alpha value is -1.42. The second kappa shape index (κ2) is 9.50. The van der Waals surface area contributed by atoms with Gasteiger partial charge in [0.25, 0.3) is 5.91 Å². The first-order valence-electron chi connectivity index (χ1n) is 8.85. The second-order valence-electron chi connectivity index (χ2n) is 6.41. The van der Waals surface area contributed by atoms with Crippen molar-refractivity contribution in [2.75, 3.05) is 53.6 Å². The maximum absolute atomic E-state index is 12.9. The lowest BCUT2D eigenvalue weighted by Crippen LogP contribution is -2.37. The number of aromatic nitrogens is 1. The lowest BCUT2D eigenvalue weighted by molar-refractivity contribution is 0.0618. The Labute approximate surface area is 155 Å². The molecule has 26 heavy (non-hydrogen) atoms. The molecule has 0 bridgehead atoms. The molecule has 2 heterocycles. The number of aryl methyl sites for hydroxylation is 1. The number of rotatable bonds is 9. The minimum Gasteiger partial charge on any atom is -0.383 e. The van der Waals surface area contributed by atoms with Crippen LogP contribution in [0.5, 0.6) is 0 Å². The summed E-state index contributed by atoms with van der Waals surface area (Å²) in [4.78, 5) is 14.7. The van der Waals surface area contributed by atoms with Crippen molar-refractivity contribution in [3.63, 3.8) is 0 Å². The number of carbonyl (C=O) groups excluding carboxylic acids is 1. The zero-order chi connectivity index (χ0) is 19.2. The van der Waals surface area contributed by atoms with Crippen LogP contribution in [-0.2, 0) is 26.5 Å². The predicted octanol–water partition coefficient (Wildman–Crippen LogP) is 0.935. The summed E-state index contributed by atoms with van der Waals surface area (Å²) >= 11 is 0. The van der Waals surface area contributed by atoms with Crippen molar-refractivity contribution in [1.82, 2.24) is 13.8 Å². The Morgan fingerprint density at radius 2 is 1.69 bits per heavy atom. The normalized spacial score (nSPS) is 16.0. The molecule has 0 atom stereocenters. The Bertz CT molecular complexity index is 687. The highest BCUT2D eigenvalue weighted by atomic mass is 32.2. The van der Waals surface area contributed by atoms with Crippen LogP contribution < -0.4 is 0 Å². The molecule has 1 saturated heterocycles. The third-order valence-corrected chi connectivity index (χ3v) is 6.43. The fourth-order valence-electron chi connectivity index (χ4n) is 3.02. The van der Waals surface area contributed by atoms with Crippen molar-refractivity contribution in [2.24, 2.45) is 7.05 Å². The van der Waals surface area contributed by atoms with Gasteiger partial charge in [-0.1, -0.05) is 6.42 Å². The molecule has 1 aliphatic heterocycles. The highest BCUT2D eigenvalue weighted by Crippen LogP contribution is 2.22. The van der Waals surface area contributed by atoms with Crippen molar-refractivity contribution in [1.29, 1.82) is 0 Å². The van der Waals surface area contributed by atoms with E-state index in [0.717, 1.165) is 19.3 Å². The molecule has 9 heteroatoms. The third-order valence-electron chi connectivity index (χ3n) is 4.57. The van der Waals surface area contributed by atoms with Crippen LogP contribution in [-0.4, -0.2) is 81.7 Å². The Morgan fingerprint density at radius 1 is 1.12 bits per heavy atom. The zero-order valence-electron chi connectivity index (χ0n) is 15.8. The second-order valence-corrected chi connectivity index (χ2v) is 8.35. The summed E-state index contributed by atoms with van der Waals surface area (Å²) in [7, 11) is 1.27. The van der Waals surface area contributed by atoms with Gasteiger partial charge >= 0.3 is 0 Å². The summed E-state index contributed by atoms with van der Waals surface area (Å²) in [6.45, 7) is 2.70. The van der Waals surface area contributed by atoms with Crippen molar-refractivity contribution < 1.29 is 22.7 Å². The molecule has 1 amide bonds. The van der Waals surface area contributed by atoms with E-state index in [2.05, 4.69) is 0 Å². The van der Waals surface area contributed by atoms with Crippen LogP contribution in [0.2, 0.25) is 0 Å². The summed E-state index contributed by atoms with van der Waals surface area (Å²) in [6.07, 6.45) is 4.32. The fourth-order valence-corrected chi connectivity index (χ4v) is 4.61. The van der Waals surface area contributed by atoms with Gasteiger partial charge in [-0.05, 0) is 18.9 Å². The highest BCUT2D eigenvalue weighted by Gasteiger charge is 2.29. The molecule has 1 aliphatic rings. The molecule has 2 rings (SSSR count). The van der Waals surface area contributed by atoms with Crippen molar-refractivity contribution in [2.45, 2.75) is 24.2 Å². The monoisotopic (exact) mass is 387 g/mol. The van der Waals surface area contributed by atoms with E-state index < -0.39 is 10.0 Å². The van der Waals surface area contributed by atoms with Crippen LogP contribution in [0, 0.1) is 0 Å². The van der Waals surface area contributed by atoms with Crippen LogP contribution in [0.15, 0.2) is 17.2 Å². The van der Waals surface area contributed by atoms with Gasteiger partial charge in [-0.25, -0.2) is 8.42 Å². The molecule has 0 N–H and O–H groups in total. The van der Waals surface area contributed by atoms with Gasteiger partial charge in [-0.2, -0.15) is 4.31 Å². The molecule has 1 aromatic heterocycles. The van der Waals surface area contributed by atoms with Crippen molar-refractivity contribution >= 4 is 15.9 Å². The van der Waals surface area contributed by atoms with Gasteiger partial charge in [-0.15, -0.1) is 0 Å². The maximum atomic E-state index is 12.9. The van der Waals surface area contributed by atoms with Crippen LogP contribution in [0.1, 0.15) is 29.8 Å². The molecule has 148 valence electrons. The van der Waals surface area contributed by atoms with E-state index in [1.807, 2.05) is 0 Å².